The molecule has 0 radical (unpaired) electrons. The molecule has 0 aliphatic heterocycles. The highest BCUT2D eigenvalue weighted by Gasteiger charge is 2.18. The van der Waals surface area contributed by atoms with Gasteiger partial charge in [-0.3, -0.25) is 0 Å². The van der Waals surface area contributed by atoms with Crippen LogP contribution in [0.5, 0.6) is 5.75 Å². The van der Waals surface area contributed by atoms with Gasteiger partial charge in [0.05, 0.1) is 12.1 Å². The van der Waals surface area contributed by atoms with Gasteiger partial charge in [-0.1, -0.05) is 30.7 Å². The second kappa shape index (κ2) is 7.63. The summed E-state index contributed by atoms with van der Waals surface area (Å²) in [4.78, 5) is 1.19. The van der Waals surface area contributed by atoms with Crippen LogP contribution < -0.4 is 10.1 Å². The minimum absolute atomic E-state index is 0.125. The highest BCUT2D eigenvalue weighted by atomic mass is 79.9. The summed E-state index contributed by atoms with van der Waals surface area (Å²) in [6.07, 6.45) is 0.170. The predicted molar refractivity (Wildman–Crippen MR) is 94.8 cm³/mol. The van der Waals surface area contributed by atoms with E-state index in [-0.39, 0.29) is 12.1 Å². The first-order valence-electron chi connectivity index (χ1n) is 6.96. The maximum Gasteiger partial charge on any atom is 0.120 e. The van der Waals surface area contributed by atoms with E-state index in [1.807, 2.05) is 26.0 Å². The van der Waals surface area contributed by atoms with Crippen LogP contribution in [0.1, 0.15) is 37.3 Å². The van der Waals surface area contributed by atoms with Crippen molar-refractivity contribution >= 4 is 38.9 Å². The van der Waals surface area contributed by atoms with Crippen LogP contribution in [0.15, 0.2) is 34.8 Å². The Balaban J connectivity index is 2.33. The Bertz CT molecular complexity index is 580. The molecular formula is C16H19BrClNOS. The largest absolute Gasteiger partial charge is 0.491 e. The second-order valence-electron chi connectivity index (χ2n) is 5.00. The normalized spacial score (nSPS) is 12.7. The topological polar surface area (TPSA) is 21.3 Å². The lowest BCUT2D eigenvalue weighted by atomic mass is 10.0. The molecule has 0 saturated carbocycles. The maximum absolute atomic E-state index is 6.18. The average Bonchev–Trinajstić information content (AvgIpc) is 2.75. The Morgan fingerprint density at radius 3 is 2.67 bits per heavy atom. The van der Waals surface area contributed by atoms with Crippen LogP contribution in [0, 0.1) is 0 Å². The predicted octanol–water partition coefficient (Wildman–Crippen LogP) is 5.65. The number of hydrogen-bond donors (Lipinski definition) is 1. The Hall–Kier alpha value is -0.550. The lowest BCUT2D eigenvalue weighted by Gasteiger charge is -2.18. The number of benzene rings is 1. The molecule has 0 fully saturated rings. The highest BCUT2D eigenvalue weighted by molar-refractivity contribution is 9.10. The van der Waals surface area contributed by atoms with Gasteiger partial charge in [-0.05, 0) is 60.1 Å². The third kappa shape index (κ3) is 4.46. The number of thiophene rings is 1. The molecule has 1 aromatic carbocycles. The van der Waals surface area contributed by atoms with Crippen molar-refractivity contribution in [1.82, 2.24) is 5.32 Å². The van der Waals surface area contributed by atoms with E-state index in [0.717, 1.165) is 21.1 Å². The van der Waals surface area contributed by atoms with Gasteiger partial charge >= 0.3 is 0 Å². The molecule has 0 amide bonds. The van der Waals surface area contributed by atoms with Crippen molar-refractivity contribution in [2.45, 2.75) is 32.9 Å². The molecular weight excluding hydrogens is 370 g/mol. The fraction of sp³-hybridized carbons (Fsp3) is 0.375. The summed E-state index contributed by atoms with van der Waals surface area (Å²) < 4.78 is 7.51. The van der Waals surface area contributed by atoms with Crippen molar-refractivity contribution in [3.05, 3.63) is 49.6 Å². The minimum Gasteiger partial charge on any atom is -0.491 e. The molecule has 2 nitrogen and oxygen atoms in total. The van der Waals surface area contributed by atoms with Gasteiger partial charge in [0.2, 0.25) is 0 Å². The van der Waals surface area contributed by atoms with Crippen molar-refractivity contribution in [1.29, 1.82) is 0 Å². The van der Waals surface area contributed by atoms with Gasteiger partial charge in [-0.25, -0.2) is 0 Å². The van der Waals surface area contributed by atoms with Crippen molar-refractivity contribution in [2.75, 3.05) is 6.54 Å². The number of nitrogens with one attached hydrogen (secondary N) is 1. The van der Waals surface area contributed by atoms with E-state index in [0.29, 0.717) is 0 Å². The molecule has 1 atom stereocenters. The molecule has 0 saturated heterocycles. The zero-order chi connectivity index (χ0) is 15.4. The summed E-state index contributed by atoms with van der Waals surface area (Å²) in [6, 6.07) is 10.4. The first-order valence-corrected chi connectivity index (χ1v) is 8.94. The fourth-order valence-corrected chi connectivity index (χ4v) is 3.97. The molecule has 0 aliphatic rings. The molecule has 1 aromatic heterocycles. The molecule has 0 aliphatic carbocycles. The summed E-state index contributed by atoms with van der Waals surface area (Å²) in [7, 11) is 0. The molecule has 1 unspecified atom stereocenters. The molecule has 2 aromatic rings. The van der Waals surface area contributed by atoms with Gasteiger partial charge in [0.1, 0.15) is 10.1 Å². The van der Waals surface area contributed by atoms with E-state index in [1.165, 1.54) is 10.4 Å². The average molecular weight is 389 g/mol. The van der Waals surface area contributed by atoms with Crippen LogP contribution in [0.4, 0.5) is 0 Å². The van der Waals surface area contributed by atoms with E-state index in [2.05, 4.69) is 46.4 Å². The quantitative estimate of drug-likeness (QED) is 0.690. The smallest absolute Gasteiger partial charge is 0.120 e. The molecule has 0 spiro atoms. The van der Waals surface area contributed by atoms with Crippen LogP contribution in [-0.2, 0) is 0 Å². The third-order valence-corrected chi connectivity index (χ3v) is 5.46. The minimum atomic E-state index is 0.125. The molecule has 21 heavy (non-hydrogen) atoms. The van der Waals surface area contributed by atoms with E-state index in [1.54, 1.807) is 11.3 Å². The van der Waals surface area contributed by atoms with Crippen molar-refractivity contribution in [3.8, 4) is 5.75 Å². The van der Waals surface area contributed by atoms with Crippen molar-refractivity contribution in [3.63, 3.8) is 0 Å². The lowest BCUT2D eigenvalue weighted by Crippen LogP contribution is -2.21. The Morgan fingerprint density at radius 2 is 2.10 bits per heavy atom. The first-order chi connectivity index (χ1) is 10.0. The van der Waals surface area contributed by atoms with Crippen LogP contribution in [0.2, 0.25) is 4.34 Å². The zero-order valence-corrected chi connectivity index (χ0v) is 15.5. The standard InChI is InChI=1S/C16H19BrClNOS/c1-4-19-15(14-9-13(17)16(18)21-14)11-6-5-7-12(8-11)20-10(2)3/h5-10,15,19H,4H2,1-3H3. The summed E-state index contributed by atoms with van der Waals surface area (Å²) in [5.41, 5.74) is 1.18. The summed E-state index contributed by atoms with van der Waals surface area (Å²) in [5.74, 6) is 0.895. The van der Waals surface area contributed by atoms with Crippen molar-refractivity contribution in [2.24, 2.45) is 0 Å². The SMILES string of the molecule is CCNC(c1cccc(OC(C)C)c1)c1cc(Br)c(Cl)s1. The van der Waals surface area contributed by atoms with Gasteiger partial charge in [-0.2, -0.15) is 0 Å². The number of hydrogen-bond acceptors (Lipinski definition) is 3. The van der Waals surface area contributed by atoms with E-state index in [9.17, 15) is 0 Å². The van der Waals surface area contributed by atoms with Crippen LogP contribution in [-0.4, -0.2) is 12.6 Å². The van der Waals surface area contributed by atoms with Gasteiger partial charge < -0.3 is 10.1 Å². The Labute approximate surface area is 143 Å². The number of ether oxygens (including phenoxy) is 1. The molecule has 1 heterocycles. The van der Waals surface area contributed by atoms with Gasteiger partial charge in [0, 0.05) is 9.35 Å². The first kappa shape index (κ1) is 16.8. The molecule has 1 N–H and O–H groups in total. The number of halogens is 2. The van der Waals surface area contributed by atoms with Crippen LogP contribution in [0.25, 0.3) is 0 Å². The fourth-order valence-electron chi connectivity index (χ4n) is 2.13. The maximum atomic E-state index is 6.18. The van der Waals surface area contributed by atoms with Gasteiger partial charge in [0.25, 0.3) is 0 Å². The van der Waals surface area contributed by atoms with Crippen molar-refractivity contribution < 1.29 is 4.74 Å². The summed E-state index contributed by atoms with van der Waals surface area (Å²) in [6.45, 7) is 7.05. The Morgan fingerprint density at radius 1 is 1.33 bits per heavy atom. The zero-order valence-electron chi connectivity index (χ0n) is 12.3. The molecule has 0 bridgehead atoms. The van der Waals surface area contributed by atoms with Gasteiger partial charge in [0.15, 0.2) is 0 Å². The lowest BCUT2D eigenvalue weighted by molar-refractivity contribution is 0.242. The molecule has 5 heteroatoms. The van der Waals surface area contributed by atoms with E-state index >= 15 is 0 Å². The monoisotopic (exact) mass is 387 g/mol. The Kier molecular flexibility index (Phi) is 6.11. The second-order valence-corrected chi connectivity index (χ2v) is 7.54. The van der Waals surface area contributed by atoms with Crippen LogP contribution in [0.3, 0.4) is 0 Å². The highest BCUT2D eigenvalue weighted by Crippen LogP contribution is 2.37. The van der Waals surface area contributed by atoms with E-state index < -0.39 is 0 Å². The number of rotatable bonds is 6. The third-order valence-electron chi connectivity index (χ3n) is 2.92. The van der Waals surface area contributed by atoms with Crippen LogP contribution >= 0.6 is 38.9 Å². The summed E-state index contributed by atoms with van der Waals surface area (Å²) >= 11 is 11.3. The summed E-state index contributed by atoms with van der Waals surface area (Å²) in [5, 5.41) is 3.51. The molecule has 2 rings (SSSR count). The molecule has 114 valence electrons. The van der Waals surface area contributed by atoms with E-state index in [4.69, 9.17) is 16.3 Å². The van der Waals surface area contributed by atoms with Gasteiger partial charge in [-0.15, -0.1) is 11.3 Å².